The Hall–Kier alpha value is -1.67. The van der Waals surface area contributed by atoms with Crippen molar-refractivity contribution in [1.82, 2.24) is 14.9 Å². The van der Waals surface area contributed by atoms with Gasteiger partial charge in [-0.1, -0.05) is 19.8 Å². The highest BCUT2D eigenvalue weighted by Crippen LogP contribution is 2.28. The van der Waals surface area contributed by atoms with Gasteiger partial charge in [0.25, 0.3) is 10.0 Å². The third-order valence-electron chi connectivity index (χ3n) is 4.75. The summed E-state index contributed by atoms with van der Waals surface area (Å²) < 4.78 is 39.9. The Balaban J connectivity index is 1.63. The highest BCUT2D eigenvalue weighted by molar-refractivity contribution is 7.90. The van der Waals surface area contributed by atoms with E-state index in [4.69, 9.17) is 0 Å². The van der Waals surface area contributed by atoms with Crippen molar-refractivity contribution in [2.75, 3.05) is 13.3 Å². The zero-order chi connectivity index (χ0) is 17.2. The van der Waals surface area contributed by atoms with Gasteiger partial charge in [0.15, 0.2) is 0 Å². The maximum atomic E-state index is 12.9. The minimum Gasteiger partial charge on any atom is -0.343 e. The lowest BCUT2D eigenvalue weighted by molar-refractivity contribution is 0.106. The van der Waals surface area contributed by atoms with Crippen LogP contribution in [0.4, 0.5) is 4.39 Å². The van der Waals surface area contributed by atoms with E-state index < -0.39 is 15.8 Å². The molecule has 1 fully saturated rings. The largest absolute Gasteiger partial charge is 0.343 e. The molecule has 1 aromatic carbocycles. The normalized spacial score (nSPS) is 25.7. The highest BCUT2D eigenvalue weighted by Gasteiger charge is 2.29. The first-order valence-electron chi connectivity index (χ1n) is 8.26. The zero-order valence-corrected chi connectivity index (χ0v) is 14.5. The van der Waals surface area contributed by atoms with E-state index in [0.717, 1.165) is 18.6 Å². The number of sulfonamides is 1. The van der Waals surface area contributed by atoms with Crippen molar-refractivity contribution < 1.29 is 12.8 Å². The van der Waals surface area contributed by atoms with Crippen molar-refractivity contribution in [2.24, 2.45) is 10.9 Å². The van der Waals surface area contributed by atoms with Gasteiger partial charge in [-0.05, 0) is 43.0 Å². The van der Waals surface area contributed by atoms with Gasteiger partial charge < -0.3 is 5.32 Å². The first-order valence-corrected chi connectivity index (χ1v) is 9.75. The summed E-state index contributed by atoms with van der Waals surface area (Å²) in [5.41, 5.74) is 0. The van der Waals surface area contributed by atoms with E-state index >= 15 is 0 Å². The fraction of sp³-hybridized carbons (Fsp3) is 0.562. The molecule has 3 rings (SSSR count). The lowest BCUT2D eigenvalue weighted by Crippen LogP contribution is -2.54. The molecule has 1 aromatic rings. The number of guanidine groups is 1. The Bertz CT molecular complexity index is 705. The summed E-state index contributed by atoms with van der Waals surface area (Å²) in [6, 6.07) is 5.20. The van der Waals surface area contributed by atoms with Gasteiger partial charge in [0.1, 0.15) is 5.82 Å². The molecular formula is C16H23FN4O2S. The number of nitrogens with zero attached hydrogens (tertiary/aromatic N) is 2. The predicted octanol–water partition coefficient (Wildman–Crippen LogP) is 1.86. The quantitative estimate of drug-likeness (QED) is 0.869. The van der Waals surface area contributed by atoms with Gasteiger partial charge >= 0.3 is 0 Å². The summed E-state index contributed by atoms with van der Waals surface area (Å²) in [5.74, 6) is 0.395. The number of hydrogen-bond acceptors (Lipinski definition) is 5. The number of halogens is 1. The van der Waals surface area contributed by atoms with Crippen molar-refractivity contribution >= 4 is 16.0 Å². The van der Waals surface area contributed by atoms with E-state index in [1.54, 1.807) is 0 Å². The van der Waals surface area contributed by atoms with Crippen LogP contribution in [0.15, 0.2) is 34.2 Å². The third-order valence-corrected chi connectivity index (χ3v) is 6.11. The second-order valence-corrected chi connectivity index (χ2v) is 8.14. The lowest BCUT2D eigenvalue weighted by atomic mass is 9.85. The molecule has 0 bridgehead atoms. The minimum atomic E-state index is -3.76. The van der Waals surface area contributed by atoms with Crippen molar-refractivity contribution in [3.63, 3.8) is 0 Å². The minimum absolute atomic E-state index is 0.0109. The van der Waals surface area contributed by atoms with Gasteiger partial charge in [0.2, 0.25) is 5.96 Å². The van der Waals surface area contributed by atoms with Crippen LogP contribution < -0.4 is 10.0 Å². The van der Waals surface area contributed by atoms with Crippen LogP contribution in [-0.4, -0.2) is 38.7 Å². The van der Waals surface area contributed by atoms with E-state index in [0.29, 0.717) is 25.3 Å². The van der Waals surface area contributed by atoms with Crippen LogP contribution in [0.25, 0.3) is 0 Å². The van der Waals surface area contributed by atoms with Crippen LogP contribution in [0, 0.1) is 11.7 Å². The van der Waals surface area contributed by atoms with E-state index in [1.807, 2.05) is 0 Å². The highest BCUT2D eigenvalue weighted by atomic mass is 32.2. The van der Waals surface area contributed by atoms with Crippen LogP contribution in [0.5, 0.6) is 0 Å². The number of rotatable bonds is 3. The van der Waals surface area contributed by atoms with E-state index in [-0.39, 0.29) is 10.9 Å². The van der Waals surface area contributed by atoms with Gasteiger partial charge in [0.05, 0.1) is 18.2 Å². The molecule has 0 spiro atoms. The summed E-state index contributed by atoms with van der Waals surface area (Å²) >= 11 is 0. The predicted molar refractivity (Wildman–Crippen MR) is 90.3 cm³/mol. The summed E-state index contributed by atoms with van der Waals surface area (Å²) in [5, 5.41) is 3.04. The van der Waals surface area contributed by atoms with E-state index in [2.05, 4.69) is 26.9 Å². The third kappa shape index (κ3) is 3.87. The molecule has 8 heteroatoms. The molecule has 0 amide bonds. The molecule has 1 aliphatic carbocycles. The Morgan fingerprint density at radius 2 is 1.96 bits per heavy atom. The smallest absolute Gasteiger partial charge is 0.264 e. The van der Waals surface area contributed by atoms with E-state index in [1.165, 1.54) is 31.4 Å². The van der Waals surface area contributed by atoms with Gasteiger partial charge in [-0.25, -0.2) is 22.5 Å². The molecule has 1 aliphatic heterocycles. The molecule has 2 aliphatic rings. The fourth-order valence-corrected chi connectivity index (χ4v) is 4.38. The molecule has 6 nitrogen and oxygen atoms in total. The average Bonchev–Trinajstić information content (AvgIpc) is 2.56. The van der Waals surface area contributed by atoms with E-state index in [9.17, 15) is 12.8 Å². The van der Waals surface area contributed by atoms with Gasteiger partial charge in [-0.2, -0.15) is 0 Å². The number of benzene rings is 1. The van der Waals surface area contributed by atoms with Crippen LogP contribution in [0.1, 0.15) is 32.6 Å². The number of hydrogen-bond donors (Lipinski definition) is 2. The fourth-order valence-electron chi connectivity index (χ4n) is 3.37. The molecule has 1 heterocycles. The van der Waals surface area contributed by atoms with Crippen molar-refractivity contribution in [1.29, 1.82) is 0 Å². The molecule has 0 unspecified atom stereocenters. The van der Waals surface area contributed by atoms with Crippen LogP contribution in [-0.2, 0) is 10.0 Å². The van der Waals surface area contributed by atoms with Gasteiger partial charge in [-0.3, -0.25) is 4.90 Å². The lowest BCUT2D eigenvalue weighted by Gasteiger charge is -2.39. The monoisotopic (exact) mass is 354 g/mol. The molecule has 2 atom stereocenters. The van der Waals surface area contributed by atoms with Crippen molar-refractivity contribution in [3.05, 3.63) is 30.1 Å². The Morgan fingerprint density at radius 3 is 2.58 bits per heavy atom. The van der Waals surface area contributed by atoms with Crippen LogP contribution in [0.3, 0.4) is 0 Å². The SMILES string of the molecule is C[C@H]1CCCC[C@@H]1N1CN=C(NS(=O)(=O)c2ccc(F)cc2)NC1. The molecule has 0 saturated heterocycles. The topological polar surface area (TPSA) is 73.8 Å². The first-order chi connectivity index (χ1) is 11.5. The Labute approximate surface area is 142 Å². The number of aliphatic imine (C=N–C) groups is 1. The van der Waals surface area contributed by atoms with Gasteiger partial charge in [-0.15, -0.1) is 0 Å². The standard InChI is InChI=1S/C16H23FN4O2S/c1-12-4-2-3-5-15(12)21-10-18-16(19-11-21)20-24(22,23)14-8-6-13(17)7-9-14/h6-9,12,15H,2-5,10-11H2,1H3,(H2,18,19,20)/t12-,15-/m0/s1. The van der Waals surface area contributed by atoms with Gasteiger partial charge in [0, 0.05) is 6.04 Å². The number of nitrogens with one attached hydrogen (secondary N) is 2. The van der Waals surface area contributed by atoms with Crippen molar-refractivity contribution in [3.8, 4) is 0 Å². The summed E-state index contributed by atoms with van der Waals surface area (Å²) in [6.07, 6.45) is 4.91. The Kier molecular flexibility index (Phi) is 5.05. The maximum absolute atomic E-state index is 12.9. The zero-order valence-electron chi connectivity index (χ0n) is 13.7. The molecular weight excluding hydrogens is 331 g/mol. The Morgan fingerprint density at radius 1 is 1.25 bits per heavy atom. The molecule has 1 saturated carbocycles. The second kappa shape index (κ2) is 7.06. The molecule has 132 valence electrons. The second-order valence-electron chi connectivity index (χ2n) is 6.46. The summed E-state index contributed by atoms with van der Waals surface area (Å²) in [6.45, 7) is 3.31. The summed E-state index contributed by atoms with van der Waals surface area (Å²) in [7, 11) is -3.76. The summed E-state index contributed by atoms with van der Waals surface area (Å²) in [4.78, 5) is 6.58. The molecule has 24 heavy (non-hydrogen) atoms. The molecule has 2 N–H and O–H groups in total. The molecule has 0 aromatic heterocycles. The van der Waals surface area contributed by atoms with Crippen LogP contribution >= 0.6 is 0 Å². The van der Waals surface area contributed by atoms with Crippen LogP contribution in [0.2, 0.25) is 0 Å². The maximum Gasteiger partial charge on any atom is 0.264 e. The average molecular weight is 354 g/mol. The first kappa shape index (κ1) is 17.2. The van der Waals surface area contributed by atoms with Crippen molar-refractivity contribution in [2.45, 2.75) is 43.5 Å². The molecule has 0 radical (unpaired) electrons.